The monoisotopic (exact) mass is 367 g/mol. The number of amides is 1. The molecule has 3 rings (SSSR count). The Morgan fingerprint density at radius 1 is 1.04 bits per heavy atom. The first-order valence-corrected chi connectivity index (χ1v) is 7.26. The average Bonchev–Trinajstić information content (AvgIpc) is 3.04. The summed E-state index contributed by atoms with van der Waals surface area (Å²) in [6.45, 7) is -0.523. The molecule has 1 amide bonds. The minimum atomic E-state index is -1.78. The van der Waals surface area contributed by atoms with Gasteiger partial charge >= 0.3 is 0 Å². The van der Waals surface area contributed by atoms with Crippen molar-refractivity contribution in [3.05, 3.63) is 82.9 Å². The van der Waals surface area contributed by atoms with Gasteiger partial charge in [-0.2, -0.15) is 5.10 Å². The Kier molecular flexibility index (Phi) is 4.70. The summed E-state index contributed by atoms with van der Waals surface area (Å²) in [4.78, 5) is 12.0. The van der Waals surface area contributed by atoms with E-state index in [1.54, 1.807) is 0 Å². The van der Waals surface area contributed by atoms with Crippen molar-refractivity contribution >= 4 is 11.6 Å². The number of hydrogen-bond donors (Lipinski definition) is 1. The quantitative estimate of drug-likeness (QED) is 0.432. The van der Waals surface area contributed by atoms with Gasteiger partial charge in [0.25, 0.3) is 5.91 Å². The Bertz CT molecular complexity index is 987. The minimum absolute atomic E-state index is 0.0652. The van der Waals surface area contributed by atoms with Gasteiger partial charge in [0.2, 0.25) is 0 Å². The molecule has 0 fully saturated rings. The Morgan fingerprint density at radius 3 is 2.54 bits per heavy atom. The maximum absolute atomic E-state index is 13.7. The minimum Gasteiger partial charge on any atom is -0.319 e. The number of benzene rings is 2. The number of aromatic nitrogens is 2. The summed E-state index contributed by atoms with van der Waals surface area (Å²) in [5, 5.41) is 6.22. The smallest absolute Gasteiger partial charge is 0.255 e. The lowest BCUT2D eigenvalue weighted by Crippen LogP contribution is -2.11. The Hall–Kier alpha value is -3.23. The van der Waals surface area contributed by atoms with Crippen LogP contribution in [-0.4, -0.2) is 15.7 Å². The third-order valence-electron chi connectivity index (χ3n) is 3.51. The van der Waals surface area contributed by atoms with Crippen LogP contribution in [0.15, 0.2) is 42.7 Å². The molecule has 0 unspecified atom stereocenters. The summed E-state index contributed by atoms with van der Waals surface area (Å²) in [7, 11) is 0. The molecule has 0 atom stereocenters. The van der Waals surface area contributed by atoms with Gasteiger partial charge in [-0.05, 0) is 18.2 Å². The van der Waals surface area contributed by atoms with Crippen molar-refractivity contribution in [2.75, 3.05) is 5.32 Å². The first kappa shape index (κ1) is 17.6. The molecule has 26 heavy (non-hydrogen) atoms. The molecule has 0 aliphatic carbocycles. The molecule has 0 radical (unpaired) electrons. The fraction of sp³-hybridized carbons (Fsp3) is 0.0588. The second-order valence-electron chi connectivity index (χ2n) is 5.34. The van der Waals surface area contributed by atoms with Crippen LogP contribution in [0.4, 0.5) is 27.6 Å². The molecule has 9 heteroatoms. The number of hydrogen-bond acceptors (Lipinski definition) is 2. The highest BCUT2D eigenvalue weighted by Gasteiger charge is 2.19. The molecule has 3 aromatic rings. The lowest BCUT2D eigenvalue weighted by atomic mass is 10.2. The number of anilines is 1. The number of carbonyl (C=O) groups excluding carboxylic acids is 1. The number of halogens is 5. The molecule has 134 valence electrons. The van der Waals surface area contributed by atoms with Gasteiger partial charge in [-0.15, -0.1) is 0 Å². The molecular formula is C17H10F5N3O. The third kappa shape index (κ3) is 3.56. The topological polar surface area (TPSA) is 46.9 Å². The number of nitrogens with zero attached hydrogens (tertiary/aromatic N) is 2. The first-order chi connectivity index (χ1) is 12.3. The predicted molar refractivity (Wildman–Crippen MR) is 82.0 cm³/mol. The normalized spacial score (nSPS) is 10.8. The van der Waals surface area contributed by atoms with Crippen molar-refractivity contribution in [1.29, 1.82) is 0 Å². The van der Waals surface area contributed by atoms with Gasteiger partial charge in [-0.1, -0.05) is 6.07 Å². The Morgan fingerprint density at radius 2 is 1.81 bits per heavy atom. The highest BCUT2D eigenvalue weighted by Crippen LogP contribution is 2.20. The highest BCUT2D eigenvalue weighted by atomic mass is 19.2. The van der Waals surface area contributed by atoms with Crippen molar-refractivity contribution in [1.82, 2.24) is 9.78 Å². The SMILES string of the molecule is O=C(Nc1cnn(Cc2c(F)cc(F)c(F)c2F)c1)c1cccc(F)c1. The van der Waals surface area contributed by atoms with E-state index in [0.29, 0.717) is 0 Å². The number of rotatable bonds is 4. The lowest BCUT2D eigenvalue weighted by molar-refractivity contribution is 0.102. The van der Waals surface area contributed by atoms with E-state index in [2.05, 4.69) is 10.4 Å². The second-order valence-corrected chi connectivity index (χ2v) is 5.34. The maximum Gasteiger partial charge on any atom is 0.255 e. The standard InChI is InChI=1S/C17H10F5N3O/c18-10-3-1-2-9(4-10)17(26)24-11-6-23-25(7-11)8-12-13(19)5-14(20)16(22)15(12)21/h1-7H,8H2,(H,24,26). The van der Waals surface area contributed by atoms with Crippen LogP contribution in [0.25, 0.3) is 0 Å². The van der Waals surface area contributed by atoms with Crippen LogP contribution in [-0.2, 0) is 6.54 Å². The molecule has 0 aliphatic rings. The maximum atomic E-state index is 13.7. The van der Waals surface area contributed by atoms with Crippen LogP contribution < -0.4 is 5.32 Å². The van der Waals surface area contributed by atoms with E-state index in [1.165, 1.54) is 30.6 Å². The molecule has 0 spiro atoms. The van der Waals surface area contributed by atoms with Crippen LogP contribution in [0.1, 0.15) is 15.9 Å². The zero-order chi connectivity index (χ0) is 18.8. The van der Waals surface area contributed by atoms with Crippen LogP contribution >= 0.6 is 0 Å². The largest absolute Gasteiger partial charge is 0.319 e. The molecule has 0 bridgehead atoms. The van der Waals surface area contributed by atoms with E-state index >= 15 is 0 Å². The van der Waals surface area contributed by atoms with Crippen LogP contribution in [0.3, 0.4) is 0 Å². The van der Waals surface area contributed by atoms with Crippen molar-refractivity contribution in [3.8, 4) is 0 Å². The van der Waals surface area contributed by atoms with Crippen LogP contribution in [0.5, 0.6) is 0 Å². The zero-order valence-corrected chi connectivity index (χ0v) is 12.9. The Labute approximate surface area is 143 Å². The molecule has 0 saturated heterocycles. The summed E-state index contributed by atoms with van der Waals surface area (Å²) in [5.74, 6) is -7.53. The highest BCUT2D eigenvalue weighted by molar-refractivity contribution is 6.04. The summed E-state index contributed by atoms with van der Waals surface area (Å²) < 4.78 is 67.7. The van der Waals surface area contributed by atoms with E-state index in [0.717, 1.165) is 10.7 Å². The van der Waals surface area contributed by atoms with Gasteiger partial charge in [0.15, 0.2) is 17.5 Å². The van der Waals surface area contributed by atoms with Gasteiger partial charge in [-0.25, -0.2) is 22.0 Å². The average molecular weight is 367 g/mol. The van der Waals surface area contributed by atoms with E-state index in [4.69, 9.17) is 0 Å². The molecule has 2 aromatic carbocycles. The van der Waals surface area contributed by atoms with E-state index in [-0.39, 0.29) is 17.3 Å². The predicted octanol–water partition coefficient (Wildman–Crippen LogP) is 3.88. The molecule has 1 aromatic heterocycles. The van der Waals surface area contributed by atoms with Gasteiger partial charge in [-0.3, -0.25) is 9.48 Å². The van der Waals surface area contributed by atoms with Gasteiger partial charge in [0.1, 0.15) is 11.6 Å². The lowest BCUT2D eigenvalue weighted by Gasteiger charge is -2.07. The van der Waals surface area contributed by atoms with Crippen LogP contribution in [0, 0.1) is 29.1 Å². The molecular weight excluding hydrogens is 357 g/mol. The summed E-state index contributed by atoms with van der Waals surface area (Å²) in [5.41, 5.74) is -0.479. The third-order valence-corrected chi connectivity index (χ3v) is 3.51. The molecule has 1 heterocycles. The van der Waals surface area contributed by atoms with Crippen molar-refractivity contribution in [2.24, 2.45) is 0 Å². The molecule has 0 saturated carbocycles. The zero-order valence-electron chi connectivity index (χ0n) is 12.9. The number of nitrogens with one attached hydrogen (secondary N) is 1. The van der Waals surface area contributed by atoms with Crippen LogP contribution in [0.2, 0.25) is 0 Å². The Balaban J connectivity index is 1.77. The molecule has 4 nitrogen and oxygen atoms in total. The van der Waals surface area contributed by atoms with Gasteiger partial charge < -0.3 is 5.32 Å². The number of carbonyl (C=O) groups is 1. The molecule has 0 aliphatic heterocycles. The first-order valence-electron chi connectivity index (χ1n) is 7.26. The van der Waals surface area contributed by atoms with E-state index in [1.807, 2.05) is 0 Å². The molecule has 1 N–H and O–H groups in total. The van der Waals surface area contributed by atoms with Crippen molar-refractivity contribution < 1.29 is 26.7 Å². The van der Waals surface area contributed by atoms with Gasteiger partial charge in [0.05, 0.1) is 18.4 Å². The second kappa shape index (κ2) is 6.95. The van der Waals surface area contributed by atoms with Crippen molar-refractivity contribution in [3.63, 3.8) is 0 Å². The fourth-order valence-corrected chi connectivity index (χ4v) is 2.26. The fourth-order valence-electron chi connectivity index (χ4n) is 2.26. The summed E-state index contributed by atoms with van der Waals surface area (Å²) in [6.07, 6.45) is 2.42. The summed E-state index contributed by atoms with van der Waals surface area (Å²) in [6, 6.07) is 5.21. The van der Waals surface area contributed by atoms with E-state index < -0.39 is 47.1 Å². The van der Waals surface area contributed by atoms with Crippen molar-refractivity contribution in [2.45, 2.75) is 6.54 Å². The van der Waals surface area contributed by atoms with E-state index in [9.17, 15) is 26.7 Å². The van der Waals surface area contributed by atoms with Gasteiger partial charge in [0, 0.05) is 23.4 Å². The summed E-state index contributed by atoms with van der Waals surface area (Å²) >= 11 is 0.